The molecule has 1 heterocycles. The van der Waals surface area contributed by atoms with Crippen LogP contribution in [0.4, 0.5) is 0 Å². The number of carbonyl (C=O) groups is 2. The molecule has 1 aromatic rings. The van der Waals surface area contributed by atoms with Crippen LogP contribution in [0.5, 0.6) is 5.75 Å². The lowest BCUT2D eigenvalue weighted by atomic mass is 10.3. The number of hydrogen-bond donors (Lipinski definition) is 0. The zero-order valence-corrected chi connectivity index (χ0v) is 10.7. The first-order valence-electron chi connectivity index (χ1n) is 4.96. The molecular formula is C11H8Cl2N2O3. The van der Waals surface area contributed by atoms with Crippen LogP contribution in [0.25, 0.3) is 0 Å². The molecule has 0 aromatic carbocycles. The third-order valence-electron chi connectivity index (χ3n) is 1.90. The van der Waals surface area contributed by atoms with E-state index in [-0.39, 0.29) is 23.7 Å². The molecule has 0 unspecified atom stereocenters. The molecule has 0 amide bonds. The first-order chi connectivity index (χ1) is 8.54. The van der Waals surface area contributed by atoms with E-state index in [0.29, 0.717) is 12.8 Å². The van der Waals surface area contributed by atoms with E-state index in [0.717, 1.165) is 0 Å². The van der Waals surface area contributed by atoms with E-state index in [1.807, 2.05) is 6.07 Å². The molecule has 0 saturated carbocycles. The molecule has 0 spiro atoms. The summed E-state index contributed by atoms with van der Waals surface area (Å²) in [6.45, 7) is 0.281. The van der Waals surface area contributed by atoms with Gasteiger partial charge in [0.15, 0.2) is 0 Å². The Kier molecular flexibility index (Phi) is 5.56. The Bertz CT molecular complexity index is 479. The molecule has 0 atom stereocenters. The number of halogens is 2. The van der Waals surface area contributed by atoms with Crippen LogP contribution in [0, 0.1) is 11.3 Å². The SMILES string of the molecule is N#CCCCOc1cc(C(=O)Cl)nc(C(=O)Cl)c1. The van der Waals surface area contributed by atoms with Crippen LogP contribution < -0.4 is 4.74 Å². The second kappa shape index (κ2) is 6.94. The third kappa shape index (κ3) is 4.32. The largest absolute Gasteiger partial charge is 0.493 e. The molecule has 0 aliphatic heterocycles. The summed E-state index contributed by atoms with van der Waals surface area (Å²) in [5, 5.41) is 6.74. The van der Waals surface area contributed by atoms with Crippen LogP contribution in [0.3, 0.4) is 0 Å². The van der Waals surface area contributed by atoms with Crippen molar-refractivity contribution in [2.45, 2.75) is 12.8 Å². The Hall–Kier alpha value is -1.64. The van der Waals surface area contributed by atoms with E-state index in [1.165, 1.54) is 12.1 Å². The van der Waals surface area contributed by atoms with Gasteiger partial charge in [-0.15, -0.1) is 0 Å². The third-order valence-corrected chi connectivity index (χ3v) is 2.29. The van der Waals surface area contributed by atoms with Crippen molar-refractivity contribution >= 4 is 33.7 Å². The molecule has 0 aliphatic carbocycles. The van der Waals surface area contributed by atoms with Crippen LogP contribution in [-0.2, 0) is 0 Å². The van der Waals surface area contributed by atoms with E-state index in [9.17, 15) is 9.59 Å². The number of nitriles is 1. The normalized spacial score (nSPS) is 9.61. The van der Waals surface area contributed by atoms with Crippen molar-refractivity contribution in [3.05, 3.63) is 23.5 Å². The van der Waals surface area contributed by atoms with Crippen LogP contribution >= 0.6 is 23.2 Å². The summed E-state index contributed by atoms with van der Waals surface area (Å²) in [7, 11) is 0. The van der Waals surface area contributed by atoms with E-state index < -0.39 is 10.5 Å². The molecule has 0 N–H and O–H groups in total. The lowest BCUT2D eigenvalue weighted by molar-refractivity contribution is 0.107. The number of unbranched alkanes of at least 4 members (excludes halogenated alkanes) is 1. The van der Waals surface area contributed by atoms with Crippen molar-refractivity contribution in [2.24, 2.45) is 0 Å². The van der Waals surface area contributed by atoms with Gasteiger partial charge in [0, 0.05) is 18.6 Å². The second-order valence-corrected chi connectivity index (χ2v) is 3.92. The molecule has 0 fully saturated rings. The fourth-order valence-electron chi connectivity index (χ4n) is 1.13. The predicted octanol–water partition coefficient (Wildman–Crippen LogP) is 2.52. The van der Waals surface area contributed by atoms with Crippen molar-refractivity contribution in [1.29, 1.82) is 5.26 Å². The van der Waals surface area contributed by atoms with Crippen LogP contribution in [0.2, 0.25) is 0 Å². The number of hydrogen-bond acceptors (Lipinski definition) is 5. The molecule has 7 heteroatoms. The highest BCUT2D eigenvalue weighted by Gasteiger charge is 2.12. The first kappa shape index (κ1) is 14.4. The Morgan fingerprint density at radius 3 is 2.28 bits per heavy atom. The summed E-state index contributed by atoms with van der Waals surface area (Å²) < 4.78 is 5.28. The molecule has 0 aliphatic rings. The average Bonchev–Trinajstić information content (AvgIpc) is 2.34. The minimum atomic E-state index is -0.809. The van der Waals surface area contributed by atoms with Gasteiger partial charge >= 0.3 is 0 Å². The molecule has 0 radical (unpaired) electrons. The maximum Gasteiger partial charge on any atom is 0.270 e. The van der Waals surface area contributed by atoms with Crippen molar-refractivity contribution in [3.63, 3.8) is 0 Å². The minimum Gasteiger partial charge on any atom is -0.493 e. The van der Waals surface area contributed by atoms with E-state index in [4.69, 9.17) is 33.2 Å². The first-order valence-corrected chi connectivity index (χ1v) is 5.71. The smallest absolute Gasteiger partial charge is 0.270 e. The van der Waals surface area contributed by atoms with E-state index in [1.54, 1.807) is 0 Å². The molecule has 18 heavy (non-hydrogen) atoms. The second-order valence-electron chi connectivity index (χ2n) is 3.23. The van der Waals surface area contributed by atoms with E-state index in [2.05, 4.69) is 4.98 Å². The Morgan fingerprint density at radius 1 is 1.28 bits per heavy atom. The summed E-state index contributed by atoms with van der Waals surface area (Å²) in [5.41, 5.74) is -0.225. The van der Waals surface area contributed by atoms with Gasteiger partial charge < -0.3 is 4.74 Å². The van der Waals surface area contributed by atoms with Gasteiger partial charge in [0.1, 0.15) is 17.1 Å². The lowest BCUT2D eigenvalue weighted by Gasteiger charge is -2.06. The van der Waals surface area contributed by atoms with Crippen LogP contribution in [0.15, 0.2) is 12.1 Å². The van der Waals surface area contributed by atoms with Gasteiger partial charge in [-0.05, 0) is 29.6 Å². The number of rotatable bonds is 6. The molecular weight excluding hydrogens is 279 g/mol. The number of nitrogens with zero attached hydrogens (tertiary/aromatic N) is 2. The summed E-state index contributed by atoms with van der Waals surface area (Å²) in [6.07, 6.45) is 0.890. The van der Waals surface area contributed by atoms with Gasteiger partial charge in [0.05, 0.1) is 12.7 Å². The number of aromatic nitrogens is 1. The molecule has 0 bridgehead atoms. The maximum absolute atomic E-state index is 11.0. The maximum atomic E-state index is 11.0. The topological polar surface area (TPSA) is 80.0 Å². The zero-order valence-electron chi connectivity index (χ0n) is 9.15. The number of pyridine rings is 1. The summed E-state index contributed by atoms with van der Waals surface area (Å²) >= 11 is 10.6. The van der Waals surface area contributed by atoms with Crippen LogP contribution in [-0.4, -0.2) is 22.1 Å². The Labute approximate surface area is 113 Å². The molecule has 1 aromatic heterocycles. The standard InChI is InChI=1S/C11H8Cl2N2O3/c12-10(16)8-5-7(18-4-2-1-3-14)6-9(15-8)11(13)17/h5-6H,1-2,4H2. The molecule has 94 valence electrons. The van der Waals surface area contributed by atoms with Crippen molar-refractivity contribution in [3.8, 4) is 11.8 Å². The number of carbonyl (C=O) groups excluding carboxylic acids is 2. The quantitative estimate of drug-likeness (QED) is 0.593. The van der Waals surface area contributed by atoms with Gasteiger partial charge in [-0.1, -0.05) is 0 Å². The summed E-state index contributed by atoms with van der Waals surface area (Å²) in [4.78, 5) is 25.7. The molecule has 1 rings (SSSR count). The Balaban J connectivity index is 2.87. The average molecular weight is 287 g/mol. The fourth-order valence-corrected chi connectivity index (χ4v) is 1.33. The van der Waals surface area contributed by atoms with Gasteiger partial charge in [-0.25, -0.2) is 4.98 Å². The number of ether oxygens (including phenoxy) is 1. The van der Waals surface area contributed by atoms with Gasteiger partial charge in [-0.3, -0.25) is 9.59 Å². The highest BCUT2D eigenvalue weighted by atomic mass is 35.5. The molecule has 5 nitrogen and oxygen atoms in total. The Morgan fingerprint density at radius 2 is 1.83 bits per heavy atom. The predicted molar refractivity (Wildman–Crippen MR) is 64.9 cm³/mol. The monoisotopic (exact) mass is 286 g/mol. The minimum absolute atomic E-state index is 0.113. The van der Waals surface area contributed by atoms with Gasteiger partial charge in [-0.2, -0.15) is 5.26 Å². The van der Waals surface area contributed by atoms with Crippen LogP contribution in [0.1, 0.15) is 33.8 Å². The van der Waals surface area contributed by atoms with Crippen molar-refractivity contribution in [1.82, 2.24) is 4.98 Å². The highest BCUT2D eigenvalue weighted by Crippen LogP contribution is 2.17. The van der Waals surface area contributed by atoms with E-state index >= 15 is 0 Å². The summed E-state index contributed by atoms with van der Waals surface area (Å²) in [6, 6.07) is 4.59. The highest BCUT2D eigenvalue weighted by molar-refractivity contribution is 6.68. The van der Waals surface area contributed by atoms with Crippen molar-refractivity contribution in [2.75, 3.05) is 6.61 Å². The molecule has 0 saturated heterocycles. The fraction of sp³-hybridized carbons (Fsp3) is 0.273. The lowest BCUT2D eigenvalue weighted by Crippen LogP contribution is -2.04. The zero-order chi connectivity index (χ0) is 13.5. The van der Waals surface area contributed by atoms with Crippen molar-refractivity contribution < 1.29 is 14.3 Å². The summed E-state index contributed by atoms with van der Waals surface area (Å²) in [5.74, 6) is 0.260. The van der Waals surface area contributed by atoms with Gasteiger partial charge in [0.25, 0.3) is 10.5 Å². The van der Waals surface area contributed by atoms with Gasteiger partial charge in [0.2, 0.25) is 0 Å².